The number of carbonyl (C=O) groups excluding carboxylic acids is 3. The monoisotopic (exact) mass is 295 g/mol. The summed E-state index contributed by atoms with van der Waals surface area (Å²) >= 11 is 0. The van der Waals surface area contributed by atoms with E-state index in [0.29, 0.717) is 18.9 Å². The van der Waals surface area contributed by atoms with Crippen molar-refractivity contribution in [1.29, 1.82) is 0 Å². The maximum absolute atomic E-state index is 12.2. The van der Waals surface area contributed by atoms with E-state index in [9.17, 15) is 14.4 Å². The van der Waals surface area contributed by atoms with Crippen LogP contribution in [0.3, 0.4) is 0 Å². The highest BCUT2D eigenvalue weighted by molar-refractivity contribution is 5.98. The van der Waals surface area contributed by atoms with Crippen LogP contribution >= 0.6 is 0 Å². The molecule has 1 aliphatic heterocycles. The molecule has 21 heavy (non-hydrogen) atoms. The summed E-state index contributed by atoms with van der Waals surface area (Å²) in [6.07, 6.45) is 5.19. The van der Waals surface area contributed by atoms with Crippen LogP contribution in [0.5, 0.6) is 0 Å². The van der Waals surface area contributed by atoms with Gasteiger partial charge in [-0.3, -0.25) is 14.9 Å². The van der Waals surface area contributed by atoms with Crippen molar-refractivity contribution in [1.82, 2.24) is 16.0 Å². The first-order chi connectivity index (χ1) is 9.90. The number of urea groups is 1. The van der Waals surface area contributed by atoms with Crippen molar-refractivity contribution in [3.8, 4) is 0 Å². The van der Waals surface area contributed by atoms with Crippen LogP contribution in [0.15, 0.2) is 0 Å². The van der Waals surface area contributed by atoms with Gasteiger partial charge >= 0.3 is 6.03 Å². The molecular weight excluding hydrogens is 270 g/mol. The van der Waals surface area contributed by atoms with E-state index < -0.39 is 12.1 Å². The summed E-state index contributed by atoms with van der Waals surface area (Å²) < 4.78 is 0. The van der Waals surface area contributed by atoms with Gasteiger partial charge in [-0.2, -0.15) is 0 Å². The Labute approximate surface area is 125 Å². The normalized spacial score (nSPS) is 24.6. The van der Waals surface area contributed by atoms with Crippen molar-refractivity contribution in [2.75, 3.05) is 6.54 Å². The number of rotatable bonds is 5. The highest BCUT2D eigenvalue weighted by Crippen LogP contribution is 2.45. The molecule has 6 nitrogen and oxygen atoms in total. The minimum absolute atomic E-state index is 0.185. The van der Waals surface area contributed by atoms with E-state index in [0.717, 1.165) is 19.3 Å². The maximum Gasteiger partial charge on any atom is 0.322 e. The number of carbonyl (C=O) groups is 3. The Bertz CT molecular complexity index is 430. The van der Waals surface area contributed by atoms with Crippen LogP contribution in [0, 0.1) is 11.3 Å². The molecule has 0 aromatic rings. The van der Waals surface area contributed by atoms with E-state index in [1.54, 1.807) is 0 Å². The van der Waals surface area contributed by atoms with Gasteiger partial charge in [0.2, 0.25) is 11.8 Å². The number of hydrogen-bond donors (Lipinski definition) is 3. The van der Waals surface area contributed by atoms with Gasteiger partial charge in [0, 0.05) is 13.0 Å². The average molecular weight is 295 g/mol. The molecule has 1 heterocycles. The van der Waals surface area contributed by atoms with Crippen molar-refractivity contribution >= 4 is 17.8 Å². The Morgan fingerprint density at radius 2 is 2.10 bits per heavy atom. The summed E-state index contributed by atoms with van der Waals surface area (Å²) in [6.45, 7) is 5.06. The summed E-state index contributed by atoms with van der Waals surface area (Å²) in [5, 5.41) is 7.69. The molecule has 2 fully saturated rings. The third-order valence-electron chi connectivity index (χ3n) is 4.43. The quantitative estimate of drug-likeness (QED) is 0.714. The van der Waals surface area contributed by atoms with Gasteiger partial charge in [-0.15, -0.1) is 0 Å². The Hall–Kier alpha value is -1.59. The fraction of sp³-hybridized carbons (Fsp3) is 0.800. The lowest BCUT2D eigenvalue weighted by Crippen LogP contribution is -2.51. The lowest BCUT2D eigenvalue weighted by Gasteiger charge is -2.43. The van der Waals surface area contributed by atoms with Gasteiger partial charge in [-0.25, -0.2) is 4.79 Å². The second kappa shape index (κ2) is 6.45. The zero-order chi connectivity index (χ0) is 15.5. The molecule has 1 saturated heterocycles. The molecule has 0 radical (unpaired) electrons. The molecule has 118 valence electrons. The van der Waals surface area contributed by atoms with Gasteiger partial charge < -0.3 is 10.6 Å². The van der Waals surface area contributed by atoms with Crippen molar-refractivity contribution < 1.29 is 14.4 Å². The number of imide groups is 1. The first-order valence-electron chi connectivity index (χ1n) is 7.78. The number of hydrogen-bond acceptors (Lipinski definition) is 3. The molecule has 1 aliphatic carbocycles. The van der Waals surface area contributed by atoms with E-state index in [-0.39, 0.29) is 23.7 Å². The molecule has 4 amide bonds. The van der Waals surface area contributed by atoms with E-state index in [1.165, 1.54) is 6.42 Å². The molecule has 1 saturated carbocycles. The van der Waals surface area contributed by atoms with Gasteiger partial charge in [0.15, 0.2) is 0 Å². The molecule has 0 spiro atoms. The van der Waals surface area contributed by atoms with Crippen molar-refractivity contribution in [3.63, 3.8) is 0 Å². The molecule has 2 rings (SSSR count). The molecule has 6 heteroatoms. The van der Waals surface area contributed by atoms with E-state index >= 15 is 0 Å². The largest absolute Gasteiger partial charge is 0.354 e. The van der Waals surface area contributed by atoms with Crippen LogP contribution < -0.4 is 16.0 Å². The molecule has 0 aromatic carbocycles. The molecule has 0 bridgehead atoms. The van der Waals surface area contributed by atoms with Crippen LogP contribution in [-0.2, 0) is 9.59 Å². The Morgan fingerprint density at radius 1 is 1.38 bits per heavy atom. The van der Waals surface area contributed by atoms with E-state index in [4.69, 9.17) is 0 Å². The fourth-order valence-electron chi connectivity index (χ4n) is 3.32. The Balaban J connectivity index is 1.86. The SMILES string of the molecule is CC(C)CC1(CNC(=O)[C@H]2CCC(=O)NC(=O)N2)CCC1. The topological polar surface area (TPSA) is 87.3 Å². The fourth-order valence-corrected chi connectivity index (χ4v) is 3.32. The molecule has 2 aliphatic rings. The Morgan fingerprint density at radius 3 is 2.67 bits per heavy atom. The zero-order valence-corrected chi connectivity index (χ0v) is 12.8. The first kappa shape index (κ1) is 15.8. The van der Waals surface area contributed by atoms with Crippen LogP contribution in [0.4, 0.5) is 4.79 Å². The van der Waals surface area contributed by atoms with Crippen molar-refractivity contribution in [2.24, 2.45) is 11.3 Å². The highest BCUT2D eigenvalue weighted by atomic mass is 16.2. The minimum Gasteiger partial charge on any atom is -0.354 e. The second-order valence-corrected chi connectivity index (χ2v) is 6.78. The molecule has 0 unspecified atom stereocenters. The van der Waals surface area contributed by atoms with Crippen molar-refractivity contribution in [2.45, 2.75) is 58.4 Å². The standard InChI is InChI=1S/C15H25N3O3/c1-10(2)8-15(6-3-7-15)9-16-13(20)11-4-5-12(19)18-14(21)17-11/h10-11H,3-9H2,1-2H3,(H,16,20)(H2,17,18,19,21)/t11-/m1/s1. The van der Waals surface area contributed by atoms with Crippen LogP contribution in [-0.4, -0.2) is 30.4 Å². The Kier molecular flexibility index (Phi) is 4.85. The van der Waals surface area contributed by atoms with Gasteiger partial charge in [-0.05, 0) is 37.0 Å². The summed E-state index contributed by atoms with van der Waals surface area (Å²) in [6, 6.07) is -1.20. The minimum atomic E-state index is -0.618. The lowest BCUT2D eigenvalue weighted by atomic mass is 9.64. The number of nitrogens with one attached hydrogen (secondary N) is 3. The van der Waals surface area contributed by atoms with E-state index in [1.807, 2.05) is 0 Å². The summed E-state index contributed by atoms with van der Waals surface area (Å²) in [7, 11) is 0. The van der Waals surface area contributed by atoms with Crippen LogP contribution in [0.2, 0.25) is 0 Å². The first-order valence-corrected chi connectivity index (χ1v) is 7.78. The lowest BCUT2D eigenvalue weighted by molar-refractivity contribution is -0.124. The van der Waals surface area contributed by atoms with Gasteiger partial charge in [0.25, 0.3) is 0 Å². The summed E-state index contributed by atoms with van der Waals surface area (Å²) in [5.41, 5.74) is 0.229. The maximum atomic E-state index is 12.2. The highest BCUT2D eigenvalue weighted by Gasteiger charge is 2.38. The predicted molar refractivity (Wildman–Crippen MR) is 78.4 cm³/mol. The predicted octanol–water partition coefficient (Wildman–Crippen LogP) is 1.31. The average Bonchev–Trinajstić information content (AvgIpc) is 2.52. The van der Waals surface area contributed by atoms with Crippen LogP contribution in [0.1, 0.15) is 52.4 Å². The summed E-state index contributed by atoms with van der Waals surface area (Å²) in [4.78, 5) is 34.9. The van der Waals surface area contributed by atoms with Gasteiger partial charge in [0.05, 0.1) is 0 Å². The van der Waals surface area contributed by atoms with Gasteiger partial charge in [0.1, 0.15) is 6.04 Å². The smallest absolute Gasteiger partial charge is 0.322 e. The summed E-state index contributed by atoms with van der Waals surface area (Å²) in [5.74, 6) is 0.0922. The number of amides is 4. The molecule has 3 N–H and O–H groups in total. The van der Waals surface area contributed by atoms with Crippen molar-refractivity contribution in [3.05, 3.63) is 0 Å². The third kappa shape index (κ3) is 4.19. The van der Waals surface area contributed by atoms with Crippen LogP contribution in [0.25, 0.3) is 0 Å². The van der Waals surface area contributed by atoms with Gasteiger partial charge in [-0.1, -0.05) is 20.3 Å². The van der Waals surface area contributed by atoms with E-state index in [2.05, 4.69) is 29.8 Å². The second-order valence-electron chi connectivity index (χ2n) is 6.78. The molecule has 0 aromatic heterocycles. The molecule has 1 atom stereocenters. The zero-order valence-electron chi connectivity index (χ0n) is 12.8. The molecular formula is C15H25N3O3. The third-order valence-corrected chi connectivity index (χ3v) is 4.43.